The Morgan fingerprint density at radius 2 is 2.12 bits per heavy atom. The Balaban J connectivity index is 1.99. The molecule has 17 heavy (non-hydrogen) atoms. The highest BCUT2D eigenvalue weighted by molar-refractivity contribution is 5.61. The van der Waals surface area contributed by atoms with Crippen LogP contribution in [-0.4, -0.2) is 11.7 Å². The largest absolute Gasteiger partial charge is 0.388 e. The highest BCUT2D eigenvalue weighted by Crippen LogP contribution is 2.32. The maximum absolute atomic E-state index is 10.3. The Kier molecular flexibility index (Phi) is 4.06. The Hall–Kier alpha value is -1.02. The summed E-state index contributed by atoms with van der Waals surface area (Å²) in [5, 5.41) is 13.6. The number of nitrogens with one attached hydrogen (secondary N) is 1. The molecule has 0 fully saturated rings. The van der Waals surface area contributed by atoms with Crippen LogP contribution in [0.4, 0.5) is 5.69 Å². The molecule has 0 saturated carbocycles. The van der Waals surface area contributed by atoms with Crippen molar-refractivity contribution in [2.24, 2.45) is 5.92 Å². The quantitative estimate of drug-likeness (QED) is 0.815. The highest BCUT2D eigenvalue weighted by atomic mass is 16.3. The Morgan fingerprint density at radius 3 is 2.88 bits per heavy atom. The lowest BCUT2D eigenvalue weighted by Gasteiger charge is -2.15. The van der Waals surface area contributed by atoms with Gasteiger partial charge in [-0.1, -0.05) is 44.9 Å². The number of hydrogen-bond acceptors (Lipinski definition) is 2. The van der Waals surface area contributed by atoms with Crippen LogP contribution in [-0.2, 0) is 6.42 Å². The minimum Gasteiger partial charge on any atom is -0.388 e. The second-order valence-corrected chi connectivity index (χ2v) is 5.40. The van der Waals surface area contributed by atoms with Gasteiger partial charge in [-0.05, 0) is 24.3 Å². The molecule has 94 valence electrons. The standard InChI is InChI=1S/C15H23NO/c1-11(2)5-3-8-14(17)13-7-4-6-12-9-10-16-15(12)13/h4,6-7,11,14,16-17H,3,5,8-10H2,1-2H3. The summed E-state index contributed by atoms with van der Waals surface area (Å²) in [6.45, 7) is 5.47. The predicted molar refractivity (Wildman–Crippen MR) is 72.3 cm³/mol. The van der Waals surface area contributed by atoms with Crippen LogP contribution in [0.2, 0.25) is 0 Å². The van der Waals surface area contributed by atoms with Crippen molar-refractivity contribution in [1.82, 2.24) is 0 Å². The van der Waals surface area contributed by atoms with Crippen molar-refractivity contribution in [1.29, 1.82) is 0 Å². The third kappa shape index (κ3) is 3.01. The fourth-order valence-electron chi connectivity index (χ4n) is 2.52. The van der Waals surface area contributed by atoms with Crippen LogP contribution in [0.1, 0.15) is 50.3 Å². The first-order chi connectivity index (χ1) is 8.18. The van der Waals surface area contributed by atoms with Gasteiger partial charge in [-0.15, -0.1) is 0 Å². The van der Waals surface area contributed by atoms with E-state index in [0.717, 1.165) is 37.3 Å². The Morgan fingerprint density at radius 1 is 1.29 bits per heavy atom. The SMILES string of the molecule is CC(C)CCCC(O)c1cccc2c1NCC2. The number of para-hydroxylation sites is 1. The van der Waals surface area contributed by atoms with Crippen LogP contribution in [0.25, 0.3) is 0 Å². The van der Waals surface area contributed by atoms with E-state index in [1.807, 2.05) is 0 Å². The number of hydrogen-bond donors (Lipinski definition) is 2. The zero-order chi connectivity index (χ0) is 12.3. The molecule has 2 heteroatoms. The zero-order valence-corrected chi connectivity index (χ0v) is 10.9. The van der Waals surface area contributed by atoms with Crippen molar-refractivity contribution >= 4 is 5.69 Å². The molecule has 1 heterocycles. The monoisotopic (exact) mass is 233 g/mol. The topological polar surface area (TPSA) is 32.3 Å². The van der Waals surface area contributed by atoms with Gasteiger partial charge in [0.2, 0.25) is 0 Å². The molecule has 1 unspecified atom stereocenters. The molecule has 0 bridgehead atoms. The van der Waals surface area contributed by atoms with Gasteiger partial charge >= 0.3 is 0 Å². The van der Waals surface area contributed by atoms with Crippen LogP contribution in [0.15, 0.2) is 18.2 Å². The third-order valence-electron chi connectivity index (χ3n) is 3.50. The Labute approximate surface area is 104 Å². The molecule has 1 aliphatic heterocycles. The maximum atomic E-state index is 10.3. The molecule has 1 atom stereocenters. The van der Waals surface area contributed by atoms with Crippen LogP contribution in [0.5, 0.6) is 0 Å². The summed E-state index contributed by atoms with van der Waals surface area (Å²) in [5.74, 6) is 0.724. The lowest BCUT2D eigenvalue weighted by atomic mass is 9.97. The van der Waals surface area contributed by atoms with Crippen molar-refractivity contribution < 1.29 is 5.11 Å². The fourth-order valence-corrected chi connectivity index (χ4v) is 2.52. The van der Waals surface area contributed by atoms with Gasteiger partial charge in [0.05, 0.1) is 6.10 Å². The summed E-state index contributed by atoms with van der Waals surface area (Å²) in [4.78, 5) is 0. The van der Waals surface area contributed by atoms with Gasteiger partial charge in [0.15, 0.2) is 0 Å². The molecule has 1 aliphatic rings. The lowest BCUT2D eigenvalue weighted by Crippen LogP contribution is -2.03. The molecule has 2 N–H and O–H groups in total. The van der Waals surface area contributed by atoms with E-state index >= 15 is 0 Å². The average Bonchev–Trinajstić information content (AvgIpc) is 2.75. The van der Waals surface area contributed by atoms with Gasteiger partial charge in [-0.25, -0.2) is 0 Å². The summed E-state index contributed by atoms with van der Waals surface area (Å²) in [7, 11) is 0. The molecule has 2 nitrogen and oxygen atoms in total. The summed E-state index contributed by atoms with van der Waals surface area (Å²) in [6, 6.07) is 6.27. The van der Waals surface area contributed by atoms with E-state index in [2.05, 4.69) is 37.4 Å². The van der Waals surface area contributed by atoms with Crippen molar-refractivity contribution in [3.63, 3.8) is 0 Å². The van der Waals surface area contributed by atoms with Gasteiger partial charge in [0, 0.05) is 17.8 Å². The van der Waals surface area contributed by atoms with Crippen molar-refractivity contribution in [2.75, 3.05) is 11.9 Å². The van der Waals surface area contributed by atoms with Gasteiger partial charge in [0.25, 0.3) is 0 Å². The van der Waals surface area contributed by atoms with Crippen LogP contribution in [0, 0.1) is 5.92 Å². The second-order valence-electron chi connectivity index (χ2n) is 5.40. The van der Waals surface area contributed by atoms with E-state index in [4.69, 9.17) is 0 Å². The summed E-state index contributed by atoms with van der Waals surface area (Å²) < 4.78 is 0. The van der Waals surface area contributed by atoms with E-state index in [1.54, 1.807) is 0 Å². The van der Waals surface area contributed by atoms with Gasteiger partial charge in [-0.3, -0.25) is 0 Å². The van der Waals surface area contributed by atoms with Crippen molar-refractivity contribution in [3.05, 3.63) is 29.3 Å². The first-order valence-corrected chi connectivity index (χ1v) is 6.72. The maximum Gasteiger partial charge on any atom is 0.0810 e. The fraction of sp³-hybridized carbons (Fsp3) is 0.600. The first-order valence-electron chi connectivity index (χ1n) is 6.72. The van der Waals surface area contributed by atoms with Crippen LogP contribution >= 0.6 is 0 Å². The molecular weight excluding hydrogens is 210 g/mol. The molecule has 0 amide bonds. The highest BCUT2D eigenvalue weighted by Gasteiger charge is 2.18. The average molecular weight is 233 g/mol. The van der Waals surface area contributed by atoms with E-state index in [9.17, 15) is 5.11 Å². The number of rotatable bonds is 5. The summed E-state index contributed by atoms with van der Waals surface area (Å²) >= 11 is 0. The normalized spacial score (nSPS) is 15.8. The molecule has 1 aromatic rings. The van der Waals surface area contributed by atoms with E-state index in [0.29, 0.717) is 0 Å². The first kappa shape index (κ1) is 12.4. The van der Waals surface area contributed by atoms with Crippen LogP contribution < -0.4 is 5.32 Å². The molecule has 0 aromatic heterocycles. The third-order valence-corrected chi connectivity index (χ3v) is 3.50. The number of fused-ring (bicyclic) bond motifs is 1. The zero-order valence-electron chi connectivity index (χ0n) is 10.9. The molecule has 0 spiro atoms. The van der Waals surface area contributed by atoms with E-state index < -0.39 is 0 Å². The molecule has 2 rings (SSSR count). The minimum absolute atomic E-state index is 0.311. The molecular formula is C15H23NO. The molecule has 0 radical (unpaired) electrons. The smallest absolute Gasteiger partial charge is 0.0810 e. The number of aliphatic hydroxyl groups is 1. The van der Waals surface area contributed by atoms with E-state index in [1.165, 1.54) is 17.7 Å². The van der Waals surface area contributed by atoms with Crippen molar-refractivity contribution in [3.8, 4) is 0 Å². The van der Waals surface area contributed by atoms with Gasteiger partial charge in [0.1, 0.15) is 0 Å². The predicted octanol–water partition coefficient (Wildman–Crippen LogP) is 3.51. The minimum atomic E-state index is -0.311. The number of aliphatic hydroxyl groups excluding tert-OH is 1. The van der Waals surface area contributed by atoms with Crippen molar-refractivity contribution in [2.45, 2.75) is 45.6 Å². The lowest BCUT2D eigenvalue weighted by molar-refractivity contribution is 0.162. The Bertz CT molecular complexity index is 373. The van der Waals surface area contributed by atoms with Gasteiger partial charge < -0.3 is 10.4 Å². The molecule has 1 aromatic carbocycles. The summed E-state index contributed by atoms with van der Waals surface area (Å²) in [5.41, 5.74) is 3.62. The number of benzene rings is 1. The van der Waals surface area contributed by atoms with E-state index in [-0.39, 0.29) is 6.10 Å². The second kappa shape index (κ2) is 5.54. The number of anilines is 1. The molecule has 0 aliphatic carbocycles. The van der Waals surface area contributed by atoms with Crippen LogP contribution in [0.3, 0.4) is 0 Å². The summed E-state index contributed by atoms with van der Waals surface area (Å²) in [6.07, 6.45) is 3.94. The van der Waals surface area contributed by atoms with Gasteiger partial charge in [-0.2, -0.15) is 0 Å². The molecule has 0 saturated heterocycles.